The number of amides is 1. The highest BCUT2D eigenvalue weighted by atomic mass is 32.2. The number of nitrogens with zero attached hydrogens (tertiary/aromatic N) is 3. The van der Waals surface area contributed by atoms with Crippen LogP contribution in [0.3, 0.4) is 0 Å². The molecule has 1 fully saturated rings. The fraction of sp³-hybridized carbons (Fsp3) is 0.0417. The number of hydrogen-bond acceptors (Lipinski definition) is 6. The Morgan fingerprint density at radius 3 is 2.36 bits per heavy atom. The minimum Gasteiger partial charge on any atom is -0.478 e. The van der Waals surface area contributed by atoms with E-state index in [9.17, 15) is 19.7 Å². The third kappa shape index (κ3) is 4.99. The van der Waals surface area contributed by atoms with Gasteiger partial charge in [0.15, 0.2) is 5.17 Å². The van der Waals surface area contributed by atoms with Gasteiger partial charge >= 0.3 is 5.97 Å². The normalized spacial score (nSPS) is 15.9. The maximum Gasteiger partial charge on any atom is 0.335 e. The van der Waals surface area contributed by atoms with Crippen molar-refractivity contribution < 1.29 is 19.6 Å². The van der Waals surface area contributed by atoms with Crippen molar-refractivity contribution in [3.63, 3.8) is 0 Å². The molecule has 1 N–H and O–H groups in total. The van der Waals surface area contributed by atoms with Gasteiger partial charge in [0.25, 0.3) is 11.6 Å². The number of carbonyl (C=O) groups is 2. The second-order valence-corrected chi connectivity index (χ2v) is 8.06. The number of benzene rings is 3. The zero-order valence-electron chi connectivity index (χ0n) is 17.1. The summed E-state index contributed by atoms with van der Waals surface area (Å²) in [6.45, 7) is 0.172. The Morgan fingerprint density at radius 2 is 1.70 bits per heavy atom. The molecule has 33 heavy (non-hydrogen) atoms. The summed E-state index contributed by atoms with van der Waals surface area (Å²) in [5.74, 6) is -1.37. The molecule has 0 unspecified atom stereocenters. The van der Waals surface area contributed by atoms with Crippen molar-refractivity contribution in [1.29, 1.82) is 0 Å². The van der Waals surface area contributed by atoms with E-state index >= 15 is 0 Å². The third-order valence-electron chi connectivity index (χ3n) is 4.83. The first-order valence-corrected chi connectivity index (χ1v) is 10.6. The fourth-order valence-electron chi connectivity index (χ4n) is 3.20. The predicted molar refractivity (Wildman–Crippen MR) is 126 cm³/mol. The molecule has 0 atom stereocenters. The summed E-state index contributed by atoms with van der Waals surface area (Å²) in [4.78, 5) is 41.6. The van der Waals surface area contributed by atoms with E-state index in [1.54, 1.807) is 30.3 Å². The monoisotopic (exact) mass is 459 g/mol. The lowest BCUT2D eigenvalue weighted by Crippen LogP contribution is -2.28. The number of aliphatic imine (C=N–C) groups is 1. The topological polar surface area (TPSA) is 113 Å². The number of para-hydroxylation sites is 2. The number of aromatic carboxylic acids is 1. The SMILES string of the molecule is O=C(O)c1ccc(CN2C(=O)/C(=C/c3ccccc3[N+](=O)[O-])SC2=Nc2ccccc2)cc1. The summed E-state index contributed by atoms with van der Waals surface area (Å²) in [5, 5.41) is 20.9. The Labute approximate surface area is 193 Å². The van der Waals surface area contributed by atoms with Crippen LogP contribution in [0.4, 0.5) is 11.4 Å². The number of carbonyl (C=O) groups excluding carboxylic acids is 1. The molecule has 3 aromatic rings. The number of hydrogen-bond donors (Lipinski definition) is 1. The van der Waals surface area contributed by atoms with Crippen LogP contribution in [0.2, 0.25) is 0 Å². The zero-order chi connectivity index (χ0) is 23.4. The number of nitro groups is 1. The minimum atomic E-state index is -1.03. The molecular weight excluding hydrogens is 442 g/mol. The van der Waals surface area contributed by atoms with Crippen molar-refractivity contribution in [2.75, 3.05) is 0 Å². The van der Waals surface area contributed by atoms with Crippen LogP contribution >= 0.6 is 11.8 Å². The number of rotatable bonds is 6. The molecule has 0 radical (unpaired) electrons. The molecule has 3 aromatic carbocycles. The first-order chi connectivity index (χ1) is 15.9. The summed E-state index contributed by atoms with van der Waals surface area (Å²) < 4.78 is 0. The molecule has 0 spiro atoms. The predicted octanol–water partition coefficient (Wildman–Crippen LogP) is 5.10. The molecule has 0 saturated carbocycles. The van der Waals surface area contributed by atoms with Crippen LogP contribution in [0.5, 0.6) is 0 Å². The highest BCUT2D eigenvalue weighted by molar-refractivity contribution is 8.18. The van der Waals surface area contributed by atoms with Gasteiger partial charge in [-0.05, 0) is 53.7 Å². The maximum absolute atomic E-state index is 13.3. The van der Waals surface area contributed by atoms with Gasteiger partial charge < -0.3 is 5.11 Å². The molecule has 0 aromatic heterocycles. The van der Waals surface area contributed by atoms with E-state index in [0.29, 0.717) is 21.3 Å². The van der Waals surface area contributed by atoms with Crippen molar-refractivity contribution >= 4 is 46.3 Å². The lowest BCUT2D eigenvalue weighted by Gasteiger charge is -2.16. The molecule has 164 valence electrons. The van der Waals surface area contributed by atoms with Gasteiger partial charge in [-0.3, -0.25) is 19.8 Å². The number of thioether (sulfide) groups is 1. The van der Waals surface area contributed by atoms with Gasteiger partial charge in [-0.15, -0.1) is 0 Å². The molecule has 0 aliphatic carbocycles. The smallest absolute Gasteiger partial charge is 0.335 e. The number of nitro benzene ring substituents is 1. The Hall–Kier alpha value is -4.24. The highest BCUT2D eigenvalue weighted by Gasteiger charge is 2.34. The Balaban J connectivity index is 1.71. The lowest BCUT2D eigenvalue weighted by atomic mass is 10.1. The zero-order valence-corrected chi connectivity index (χ0v) is 17.9. The average Bonchev–Trinajstić information content (AvgIpc) is 3.09. The largest absolute Gasteiger partial charge is 0.478 e. The van der Waals surface area contributed by atoms with E-state index in [0.717, 1.165) is 17.3 Å². The summed E-state index contributed by atoms with van der Waals surface area (Å²) in [7, 11) is 0. The van der Waals surface area contributed by atoms with Gasteiger partial charge in [-0.2, -0.15) is 0 Å². The Morgan fingerprint density at radius 1 is 1.03 bits per heavy atom. The second kappa shape index (κ2) is 9.49. The molecule has 1 heterocycles. The van der Waals surface area contributed by atoms with Gasteiger partial charge in [0.1, 0.15) is 0 Å². The van der Waals surface area contributed by atoms with E-state index in [1.807, 2.05) is 30.3 Å². The first-order valence-electron chi connectivity index (χ1n) is 9.83. The summed E-state index contributed by atoms with van der Waals surface area (Å²) >= 11 is 1.14. The average molecular weight is 459 g/mol. The van der Waals surface area contributed by atoms with E-state index in [1.165, 1.54) is 29.2 Å². The molecule has 9 heteroatoms. The number of amidine groups is 1. The molecule has 1 aliphatic rings. The minimum absolute atomic E-state index is 0.0948. The standard InChI is InChI=1S/C24H17N3O5S/c28-22-21(14-18-6-4-5-9-20(18)27(31)32)33-24(25-19-7-2-1-3-8-19)26(22)15-16-10-12-17(13-11-16)23(29)30/h1-14H,15H2,(H,29,30)/b21-14-,25-24?. The van der Waals surface area contributed by atoms with Crippen molar-refractivity contribution in [2.45, 2.75) is 6.54 Å². The van der Waals surface area contributed by atoms with Gasteiger partial charge in [0.2, 0.25) is 0 Å². The third-order valence-corrected chi connectivity index (χ3v) is 5.84. The fourth-order valence-corrected chi connectivity index (χ4v) is 4.18. The van der Waals surface area contributed by atoms with Crippen molar-refractivity contribution in [3.8, 4) is 0 Å². The van der Waals surface area contributed by atoms with Crippen LogP contribution in [0.1, 0.15) is 21.5 Å². The van der Waals surface area contributed by atoms with Crippen LogP contribution < -0.4 is 0 Å². The van der Waals surface area contributed by atoms with Crippen molar-refractivity contribution in [1.82, 2.24) is 4.90 Å². The molecular formula is C24H17N3O5S. The van der Waals surface area contributed by atoms with Crippen LogP contribution in [0, 0.1) is 10.1 Å². The quantitative estimate of drug-likeness (QED) is 0.312. The van der Waals surface area contributed by atoms with Crippen LogP contribution in [0.25, 0.3) is 6.08 Å². The Kier molecular flexibility index (Phi) is 6.32. The van der Waals surface area contributed by atoms with Crippen molar-refractivity contribution in [3.05, 3.63) is 111 Å². The number of carboxylic acids is 1. The molecule has 8 nitrogen and oxygen atoms in total. The van der Waals surface area contributed by atoms with E-state index in [-0.39, 0.29) is 23.7 Å². The van der Waals surface area contributed by atoms with Crippen LogP contribution in [0.15, 0.2) is 88.8 Å². The summed E-state index contributed by atoms with van der Waals surface area (Å²) in [5.41, 5.74) is 1.76. The van der Waals surface area contributed by atoms with Gasteiger partial charge in [-0.25, -0.2) is 9.79 Å². The highest BCUT2D eigenvalue weighted by Crippen LogP contribution is 2.36. The maximum atomic E-state index is 13.3. The van der Waals surface area contributed by atoms with Gasteiger partial charge in [-0.1, -0.05) is 42.5 Å². The van der Waals surface area contributed by atoms with Gasteiger partial charge in [0.05, 0.1) is 33.2 Å². The van der Waals surface area contributed by atoms with E-state index in [4.69, 9.17) is 5.11 Å². The first kappa shape index (κ1) is 22.0. The van der Waals surface area contributed by atoms with Crippen LogP contribution in [-0.2, 0) is 11.3 Å². The summed E-state index contributed by atoms with van der Waals surface area (Å²) in [6, 6.07) is 21.6. The molecule has 0 bridgehead atoms. The lowest BCUT2D eigenvalue weighted by molar-refractivity contribution is -0.385. The second-order valence-electron chi connectivity index (χ2n) is 7.05. The molecule has 1 aliphatic heterocycles. The van der Waals surface area contributed by atoms with Gasteiger partial charge in [0, 0.05) is 6.07 Å². The van der Waals surface area contributed by atoms with E-state index < -0.39 is 10.9 Å². The molecule has 1 amide bonds. The van der Waals surface area contributed by atoms with E-state index in [2.05, 4.69) is 4.99 Å². The van der Waals surface area contributed by atoms with Crippen molar-refractivity contribution in [2.24, 2.45) is 4.99 Å². The molecule has 1 saturated heterocycles. The number of carboxylic acid groups (broad SMARTS) is 1. The molecule has 4 rings (SSSR count). The van der Waals surface area contributed by atoms with Crippen LogP contribution in [-0.4, -0.2) is 32.0 Å². The summed E-state index contributed by atoms with van der Waals surface area (Å²) in [6.07, 6.45) is 1.50. The Bertz CT molecular complexity index is 1290.